The quantitative estimate of drug-likeness (QED) is 0.810. The predicted molar refractivity (Wildman–Crippen MR) is 62.2 cm³/mol. The minimum atomic E-state index is -4.42. The Hall–Kier alpha value is -1.89. The van der Waals surface area contributed by atoms with E-state index in [1.807, 2.05) is 0 Å². The molecular weight excluding hydrogens is 265 g/mol. The molecule has 0 atom stereocenters. The maximum absolute atomic E-state index is 12.6. The van der Waals surface area contributed by atoms with Gasteiger partial charge in [0.05, 0.1) is 5.56 Å². The zero-order chi connectivity index (χ0) is 13.3. The van der Waals surface area contributed by atoms with Crippen LogP contribution >= 0.6 is 12.2 Å². The second-order valence-corrected chi connectivity index (χ2v) is 3.91. The topological polar surface area (TPSA) is 37.8 Å². The molecule has 3 nitrogen and oxygen atoms in total. The van der Waals surface area contributed by atoms with Crippen LogP contribution in [0.3, 0.4) is 0 Å². The molecule has 1 aromatic heterocycles. The monoisotopic (exact) mass is 272 g/mol. The van der Waals surface area contributed by atoms with Gasteiger partial charge in [-0.25, -0.2) is 0 Å². The number of nitrogens with zero attached hydrogens (tertiary/aromatic N) is 1. The van der Waals surface area contributed by atoms with E-state index in [0.29, 0.717) is 0 Å². The van der Waals surface area contributed by atoms with Gasteiger partial charge in [0.2, 0.25) is 0 Å². The van der Waals surface area contributed by atoms with Gasteiger partial charge in [-0.15, -0.1) is 0 Å². The lowest BCUT2D eigenvalue weighted by Crippen LogP contribution is -2.11. The van der Waals surface area contributed by atoms with E-state index >= 15 is 0 Å². The molecule has 1 N–H and O–H groups in total. The van der Waals surface area contributed by atoms with Gasteiger partial charge < -0.3 is 0 Å². The number of nitrogens with one attached hydrogen (secondary N) is 1. The summed E-state index contributed by atoms with van der Waals surface area (Å²) in [7, 11) is 0. The third-order valence-electron chi connectivity index (χ3n) is 2.28. The molecule has 94 valence electrons. The van der Waals surface area contributed by atoms with Gasteiger partial charge in [-0.1, -0.05) is 6.07 Å². The second kappa shape index (κ2) is 4.41. The summed E-state index contributed by atoms with van der Waals surface area (Å²) in [6.07, 6.45) is -3.09. The maximum Gasteiger partial charge on any atom is 0.416 e. The van der Waals surface area contributed by atoms with E-state index in [1.54, 1.807) is 0 Å². The Bertz CT molecular complexity index is 687. The smallest absolute Gasteiger partial charge is 0.299 e. The van der Waals surface area contributed by atoms with Crippen LogP contribution in [0, 0.1) is 4.77 Å². The molecule has 2 aromatic rings. The Balaban J connectivity index is 2.58. The van der Waals surface area contributed by atoms with E-state index in [1.165, 1.54) is 29.0 Å². The van der Waals surface area contributed by atoms with Crippen molar-refractivity contribution < 1.29 is 13.2 Å². The number of aromatic amines is 1. The Morgan fingerprint density at radius 2 is 1.94 bits per heavy atom. The first-order chi connectivity index (χ1) is 8.38. The van der Waals surface area contributed by atoms with Crippen LogP contribution in [0.25, 0.3) is 5.69 Å². The Morgan fingerprint density at radius 1 is 1.22 bits per heavy atom. The van der Waals surface area contributed by atoms with Gasteiger partial charge in [0, 0.05) is 18.0 Å². The summed E-state index contributed by atoms with van der Waals surface area (Å²) >= 11 is 4.88. The highest BCUT2D eigenvalue weighted by molar-refractivity contribution is 7.71. The molecule has 0 saturated heterocycles. The van der Waals surface area contributed by atoms with Crippen molar-refractivity contribution in [1.82, 2.24) is 9.55 Å². The minimum Gasteiger partial charge on any atom is -0.299 e. The first kappa shape index (κ1) is 12.6. The van der Waals surface area contributed by atoms with Gasteiger partial charge in [-0.05, 0) is 30.4 Å². The zero-order valence-corrected chi connectivity index (χ0v) is 9.68. The molecule has 0 spiro atoms. The minimum absolute atomic E-state index is 0.0434. The number of aromatic nitrogens is 2. The molecule has 1 heterocycles. The fourth-order valence-electron chi connectivity index (χ4n) is 1.45. The van der Waals surface area contributed by atoms with E-state index in [4.69, 9.17) is 12.2 Å². The molecule has 0 saturated carbocycles. The van der Waals surface area contributed by atoms with Crippen LogP contribution in [0.4, 0.5) is 13.2 Å². The van der Waals surface area contributed by atoms with Crippen LogP contribution in [-0.2, 0) is 6.18 Å². The highest BCUT2D eigenvalue weighted by Gasteiger charge is 2.30. The van der Waals surface area contributed by atoms with Gasteiger partial charge in [-0.3, -0.25) is 14.3 Å². The van der Waals surface area contributed by atoms with Gasteiger partial charge in [0.25, 0.3) is 5.56 Å². The van der Waals surface area contributed by atoms with E-state index in [9.17, 15) is 18.0 Å². The molecule has 0 aliphatic carbocycles. The number of rotatable bonds is 1. The fraction of sp³-hybridized carbons (Fsp3) is 0.0909. The van der Waals surface area contributed by atoms with Crippen molar-refractivity contribution in [3.05, 3.63) is 57.2 Å². The lowest BCUT2D eigenvalue weighted by molar-refractivity contribution is -0.137. The van der Waals surface area contributed by atoms with Gasteiger partial charge >= 0.3 is 6.18 Å². The van der Waals surface area contributed by atoms with Crippen molar-refractivity contribution in [2.45, 2.75) is 6.18 Å². The number of benzene rings is 1. The van der Waals surface area contributed by atoms with Crippen molar-refractivity contribution in [1.29, 1.82) is 0 Å². The summed E-state index contributed by atoms with van der Waals surface area (Å²) in [5.74, 6) is 0. The Labute approximate surface area is 105 Å². The zero-order valence-electron chi connectivity index (χ0n) is 8.86. The van der Waals surface area contributed by atoms with E-state index < -0.39 is 17.3 Å². The lowest BCUT2D eigenvalue weighted by atomic mass is 10.2. The summed E-state index contributed by atoms with van der Waals surface area (Å²) < 4.78 is 39.0. The SMILES string of the molecule is O=c1ccn(-c2cccc(C(F)(F)F)c2)c(=S)[nH]1. The molecule has 2 rings (SSSR count). The van der Waals surface area contributed by atoms with Crippen molar-refractivity contribution in [3.63, 3.8) is 0 Å². The average Bonchev–Trinajstić information content (AvgIpc) is 2.28. The second-order valence-electron chi connectivity index (χ2n) is 3.53. The molecular formula is C11H7F3N2OS. The molecule has 18 heavy (non-hydrogen) atoms. The molecule has 0 aliphatic heterocycles. The number of alkyl halides is 3. The van der Waals surface area contributed by atoms with Crippen LogP contribution in [0.1, 0.15) is 5.56 Å². The summed E-state index contributed by atoms with van der Waals surface area (Å²) in [6.45, 7) is 0. The third-order valence-corrected chi connectivity index (χ3v) is 2.57. The van der Waals surface area contributed by atoms with Gasteiger partial charge in [0.1, 0.15) is 0 Å². The van der Waals surface area contributed by atoms with Crippen LogP contribution < -0.4 is 5.56 Å². The molecule has 0 radical (unpaired) electrons. The lowest BCUT2D eigenvalue weighted by Gasteiger charge is -2.10. The average molecular weight is 272 g/mol. The number of hydrogen-bond acceptors (Lipinski definition) is 2. The molecule has 0 fully saturated rings. The van der Waals surface area contributed by atoms with Crippen molar-refractivity contribution >= 4 is 12.2 Å². The molecule has 1 aromatic carbocycles. The summed E-state index contributed by atoms with van der Waals surface area (Å²) in [5.41, 5.74) is -0.928. The number of hydrogen-bond donors (Lipinski definition) is 1. The largest absolute Gasteiger partial charge is 0.416 e. The van der Waals surface area contributed by atoms with Crippen LogP contribution in [0.2, 0.25) is 0 Å². The van der Waals surface area contributed by atoms with Gasteiger partial charge in [0.15, 0.2) is 4.77 Å². The van der Waals surface area contributed by atoms with Crippen molar-refractivity contribution in [2.75, 3.05) is 0 Å². The van der Waals surface area contributed by atoms with E-state index in [0.717, 1.165) is 12.1 Å². The van der Waals surface area contributed by atoms with Crippen molar-refractivity contribution in [3.8, 4) is 5.69 Å². The van der Waals surface area contributed by atoms with Gasteiger partial charge in [-0.2, -0.15) is 13.2 Å². The molecule has 7 heteroatoms. The summed E-state index contributed by atoms with van der Waals surface area (Å²) in [4.78, 5) is 13.3. The van der Waals surface area contributed by atoms with E-state index in [-0.39, 0.29) is 10.5 Å². The number of H-pyrrole nitrogens is 1. The fourth-order valence-corrected chi connectivity index (χ4v) is 1.72. The molecule has 0 aliphatic rings. The van der Waals surface area contributed by atoms with Crippen LogP contribution in [-0.4, -0.2) is 9.55 Å². The molecule has 0 bridgehead atoms. The normalized spacial score (nSPS) is 11.5. The highest BCUT2D eigenvalue weighted by Crippen LogP contribution is 2.30. The van der Waals surface area contributed by atoms with Crippen LogP contribution in [0.5, 0.6) is 0 Å². The predicted octanol–water partition coefficient (Wildman–Crippen LogP) is 2.91. The summed E-state index contributed by atoms with van der Waals surface area (Å²) in [6, 6.07) is 5.89. The van der Waals surface area contributed by atoms with E-state index in [2.05, 4.69) is 4.98 Å². The third kappa shape index (κ3) is 2.51. The Morgan fingerprint density at radius 3 is 2.56 bits per heavy atom. The highest BCUT2D eigenvalue weighted by atomic mass is 32.1. The summed E-state index contributed by atoms with van der Waals surface area (Å²) in [5, 5.41) is 0. The molecule has 0 unspecified atom stereocenters. The molecule has 0 amide bonds. The van der Waals surface area contributed by atoms with Crippen LogP contribution in [0.15, 0.2) is 41.3 Å². The first-order valence-electron chi connectivity index (χ1n) is 4.87. The maximum atomic E-state index is 12.6. The first-order valence-corrected chi connectivity index (χ1v) is 5.28. The standard InChI is InChI=1S/C11H7F3N2OS/c12-11(13,14)7-2-1-3-8(6-7)16-5-4-9(17)15-10(16)18/h1-6H,(H,15,17,18). The number of halogens is 3. The Kier molecular flexibility index (Phi) is 3.08. The van der Waals surface area contributed by atoms with Crippen molar-refractivity contribution in [2.24, 2.45) is 0 Å².